The Morgan fingerprint density at radius 1 is 1.17 bits per heavy atom. The summed E-state index contributed by atoms with van der Waals surface area (Å²) >= 11 is 0. The monoisotopic (exact) mass is 408 g/mol. The molecule has 0 spiro atoms. The SMILES string of the molecule is CCc1nc(C2CC2)nc(N2CCN(C(=O)COC)CC2)c1Cc1cccc(C)c1. The second kappa shape index (κ2) is 9.13. The highest BCUT2D eigenvalue weighted by Crippen LogP contribution is 2.40. The lowest BCUT2D eigenvalue weighted by molar-refractivity contribution is -0.135. The molecule has 6 heteroatoms. The maximum Gasteiger partial charge on any atom is 0.248 e. The molecular weight excluding hydrogens is 376 g/mol. The number of methoxy groups -OCH3 is 1. The lowest BCUT2D eigenvalue weighted by atomic mass is 10.00. The van der Waals surface area contributed by atoms with E-state index in [2.05, 4.69) is 43.0 Å². The predicted octanol–water partition coefficient (Wildman–Crippen LogP) is 3.11. The van der Waals surface area contributed by atoms with Gasteiger partial charge in [-0.15, -0.1) is 0 Å². The summed E-state index contributed by atoms with van der Waals surface area (Å²) in [5.41, 5.74) is 4.97. The molecule has 30 heavy (non-hydrogen) atoms. The average Bonchev–Trinajstić information content (AvgIpc) is 3.60. The van der Waals surface area contributed by atoms with E-state index >= 15 is 0 Å². The van der Waals surface area contributed by atoms with Crippen LogP contribution >= 0.6 is 0 Å². The van der Waals surface area contributed by atoms with Gasteiger partial charge in [-0.25, -0.2) is 9.97 Å². The Bertz CT molecular complexity index is 902. The number of carbonyl (C=O) groups excluding carboxylic acids is 1. The van der Waals surface area contributed by atoms with Crippen LogP contribution in [0.15, 0.2) is 24.3 Å². The Morgan fingerprint density at radius 2 is 1.93 bits per heavy atom. The van der Waals surface area contributed by atoms with Crippen molar-refractivity contribution in [3.63, 3.8) is 0 Å². The van der Waals surface area contributed by atoms with E-state index in [0.717, 1.165) is 37.6 Å². The van der Waals surface area contributed by atoms with Crippen molar-refractivity contribution in [3.05, 3.63) is 52.5 Å². The minimum Gasteiger partial charge on any atom is -0.375 e. The number of carbonyl (C=O) groups is 1. The van der Waals surface area contributed by atoms with Gasteiger partial charge in [-0.05, 0) is 31.7 Å². The van der Waals surface area contributed by atoms with Gasteiger partial charge in [0.05, 0.1) is 0 Å². The van der Waals surface area contributed by atoms with Gasteiger partial charge in [0.15, 0.2) is 0 Å². The Morgan fingerprint density at radius 3 is 2.57 bits per heavy atom. The van der Waals surface area contributed by atoms with E-state index in [1.165, 1.54) is 35.2 Å². The molecule has 160 valence electrons. The molecule has 0 radical (unpaired) electrons. The van der Waals surface area contributed by atoms with E-state index in [0.29, 0.717) is 19.0 Å². The second-order valence-corrected chi connectivity index (χ2v) is 8.43. The van der Waals surface area contributed by atoms with Gasteiger partial charge < -0.3 is 14.5 Å². The molecule has 2 aliphatic rings. The van der Waals surface area contributed by atoms with Gasteiger partial charge in [0.25, 0.3) is 0 Å². The van der Waals surface area contributed by atoms with Gasteiger partial charge in [0, 0.05) is 56.9 Å². The topological polar surface area (TPSA) is 58.6 Å². The molecule has 1 aliphatic carbocycles. The predicted molar refractivity (Wildman–Crippen MR) is 118 cm³/mol. The van der Waals surface area contributed by atoms with Gasteiger partial charge in [-0.1, -0.05) is 36.8 Å². The van der Waals surface area contributed by atoms with Gasteiger partial charge in [0.1, 0.15) is 18.2 Å². The molecule has 2 fully saturated rings. The fourth-order valence-corrected chi connectivity index (χ4v) is 4.20. The fraction of sp³-hybridized carbons (Fsp3) is 0.542. The molecule has 0 bridgehead atoms. The third kappa shape index (κ3) is 4.64. The minimum atomic E-state index is 0.0627. The lowest BCUT2D eigenvalue weighted by Crippen LogP contribution is -2.50. The summed E-state index contributed by atoms with van der Waals surface area (Å²) in [6, 6.07) is 8.69. The van der Waals surface area contributed by atoms with E-state index in [-0.39, 0.29) is 12.5 Å². The standard InChI is InChI=1S/C24H32N4O2/c1-4-21-20(15-18-7-5-6-17(2)14-18)24(26-23(25-21)19-8-9-19)28-12-10-27(11-13-28)22(29)16-30-3/h5-7,14,19H,4,8-13,15-16H2,1-3H3. The van der Waals surface area contributed by atoms with Crippen LogP contribution in [-0.2, 0) is 22.4 Å². The number of aryl methyl sites for hydroxylation is 2. The average molecular weight is 409 g/mol. The number of ether oxygens (including phenoxy) is 1. The Hall–Kier alpha value is -2.47. The Balaban J connectivity index is 1.63. The fourth-order valence-electron chi connectivity index (χ4n) is 4.20. The quantitative estimate of drug-likeness (QED) is 0.705. The van der Waals surface area contributed by atoms with Crippen LogP contribution in [0.5, 0.6) is 0 Å². The Kier molecular flexibility index (Phi) is 6.32. The summed E-state index contributed by atoms with van der Waals surface area (Å²) in [6.45, 7) is 7.46. The molecule has 0 atom stereocenters. The van der Waals surface area contributed by atoms with Crippen molar-refractivity contribution in [3.8, 4) is 0 Å². The molecule has 2 aromatic rings. The smallest absolute Gasteiger partial charge is 0.248 e. The van der Waals surface area contributed by atoms with E-state index in [1.807, 2.05) is 4.90 Å². The molecular formula is C24H32N4O2. The van der Waals surface area contributed by atoms with Crippen molar-refractivity contribution >= 4 is 11.7 Å². The van der Waals surface area contributed by atoms with Crippen molar-refractivity contribution in [2.75, 3.05) is 44.8 Å². The summed E-state index contributed by atoms with van der Waals surface area (Å²) in [5.74, 6) is 2.66. The molecule has 4 rings (SSSR count). The zero-order chi connectivity index (χ0) is 21.1. The summed E-state index contributed by atoms with van der Waals surface area (Å²) in [6.07, 6.45) is 4.13. The number of amides is 1. The van der Waals surface area contributed by atoms with Crippen LogP contribution in [0.3, 0.4) is 0 Å². The van der Waals surface area contributed by atoms with Crippen LogP contribution in [0.1, 0.15) is 53.9 Å². The molecule has 6 nitrogen and oxygen atoms in total. The van der Waals surface area contributed by atoms with E-state index in [9.17, 15) is 4.79 Å². The van der Waals surface area contributed by atoms with Crippen LogP contribution in [-0.4, -0.2) is 60.7 Å². The van der Waals surface area contributed by atoms with Gasteiger partial charge in [0.2, 0.25) is 5.91 Å². The first-order chi connectivity index (χ1) is 14.6. The van der Waals surface area contributed by atoms with Crippen molar-refractivity contribution in [2.24, 2.45) is 0 Å². The zero-order valence-corrected chi connectivity index (χ0v) is 18.4. The number of rotatable bonds is 7. The summed E-state index contributed by atoms with van der Waals surface area (Å²) < 4.78 is 5.02. The first kappa shape index (κ1) is 20.8. The highest BCUT2D eigenvalue weighted by Gasteiger charge is 2.31. The van der Waals surface area contributed by atoms with Crippen molar-refractivity contribution < 1.29 is 9.53 Å². The van der Waals surface area contributed by atoms with Crippen LogP contribution < -0.4 is 4.90 Å². The minimum absolute atomic E-state index is 0.0627. The summed E-state index contributed by atoms with van der Waals surface area (Å²) in [4.78, 5) is 26.5. The maximum absolute atomic E-state index is 12.2. The Labute approximate surface area is 179 Å². The number of nitrogens with zero attached hydrogens (tertiary/aromatic N) is 4. The van der Waals surface area contributed by atoms with Gasteiger partial charge in [-0.2, -0.15) is 0 Å². The first-order valence-corrected chi connectivity index (χ1v) is 11.1. The second-order valence-electron chi connectivity index (χ2n) is 8.43. The van der Waals surface area contributed by atoms with Crippen molar-refractivity contribution in [1.82, 2.24) is 14.9 Å². The van der Waals surface area contributed by atoms with E-state index in [4.69, 9.17) is 14.7 Å². The third-order valence-electron chi connectivity index (χ3n) is 6.03. The number of hydrogen-bond acceptors (Lipinski definition) is 5. The van der Waals surface area contributed by atoms with E-state index < -0.39 is 0 Å². The molecule has 1 saturated carbocycles. The van der Waals surface area contributed by atoms with Crippen molar-refractivity contribution in [1.29, 1.82) is 0 Å². The molecule has 0 N–H and O–H groups in total. The van der Waals surface area contributed by atoms with Crippen LogP contribution in [0.2, 0.25) is 0 Å². The number of piperazine rings is 1. The van der Waals surface area contributed by atoms with Crippen LogP contribution in [0.4, 0.5) is 5.82 Å². The molecule has 1 saturated heterocycles. The molecule has 2 heterocycles. The van der Waals surface area contributed by atoms with Crippen LogP contribution in [0, 0.1) is 6.92 Å². The summed E-state index contributed by atoms with van der Waals surface area (Å²) in [5, 5.41) is 0. The molecule has 1 aliphatic heterocycles. The summed E-state index contributed by atoms with van der Waals surface area (Å²) in [7, 11) is 1.57. The maximum atomic E-state index is 12.2. The zero-order valence-electron chi connectivity index (χ0n) is 18.4. The number of hydrogen-bond donors (Lipinski definition) is 0. The number of benzene rings is 1. The first-order valence-electron chi connectivity index (χ1n) is 11.1. The molecule has 1 amide bonds. The highest BCUT2D eigenvalue weighted by molar-refractivity contribution is 5.77. The number of anilines is 1. The normalized spacial score (nSPS) is 16.8. The van der Waals surface area contributed by atoms with Gasteiger partial charge in [-0.3, -0.25) is 4.79 Å². The third-order valence-corrected chi connectivity index (χ3v) is 6.03. The lowest BCUT2D eigenvalue weighted by Gasteiger charge is -2.36. The van der Waals surface area contributed by atoms with Crippen LogP contribution in [0.25, 0.3) is 0 Å². The van der Waals surface area contributed by atoms with Crippen molar-refractivity contribution in [2.45, 2.75) is 45.4 Å². The van der Waals surface area contributed by atoms with E-state index in [1.54, 1.807) is 7.11 Å². The molecule has 1 aromatic carbocycles. The highest BCUT2D eigenvalue weighted by atomic mass is 16.5. The largest absolute Gasteiger partial charge is 0.375 e. The van der Waals surface area contributed by atoms with Gasteiger partial charge >= 0.3 is 0 Å². The molecule has 0 unspecified atom stereocenters. The number of aromatic nitrogens is 2. The molecule has 1 aromatic heterocycles.